The molecule has 2 rings (SSSR count). The van der Waals surface area contributed by atoms with Crippen LogP contribution in [0, 0.1) is 0 Å². The molecule has 0 radical (unpaired) electrons. The molecular formula is C11H13N5O3S. The number of nitrogens with one attached hydrogen (secondary N) is 3. The molecule has 2 amide bonds. The molecule has 1 atom stereocenters. The summed E-state index contributed by atoms with van der Waals surface area (Å²) in [4.78, 5) is 33.2. The largest absolute Gasteiger partial charge is 0.476 e. The first-order valence-corrected chi connectivity index (χ1v) is 6.65. The van der Waals surface area contributed by atoms with Gasteiger partial charge in [0.05, 0.1) is 12.6 Å². The van der Waals surface area contributed by atoms with Crippen molar-refractivity contribution in [3.8, 4) is 0 Å². The topological polar surface area (TPSA) is 120 Å². The lowest BCUT2D eigenvalue weighted by Crippen LogP contribution is -2.36. The number of carbonyl (C=O) groups is 2. The molecule has 106 valence electrons. The van der Waals surface area contributed by atoms with Gasteiger partial charge in [-0.15, -0.1) is 11.3 Å². The van der Waals surface area contributed by atoms with Crippen LogP contribution >= 0.6 is 11.3 Å². The Morgan fingerprint density at radius 2 is 2.35 bits per heavy atom. The second-order valence-corrected chi connectivity index (χ2v) is 4.85. The van der Waals surface area contributed by atoms with E-state index < -0.39 is 5.97 Å². The number of nitrogens with zero attached hydrogens (tertiary/aromatic N) is 2. The number of carboxylic acid groups (broad SMARTS) is 1. The number of amides is 2. The lowest BCUT2D eigenvalue weighted by atomic mass is 10.3. The highest BCUT2D eigenvalue weighted by Gasteiger charge is 2.15. The molecule has 2 aromatic heterocycles. The van der Waals surface area contributed by atoms with Crippen molar-refractivity contribution in [2.75, 3.05) is 0 Å². The van der Waals surface area contributed by atoms with Gasteiger partial charge < -0.3 is 20.7 Å². The molecule has 4 N–H and O–H groups in total. The van der Waals surface area contributed by atoms with E-state index in [0.717, 1.165) is 0 Å². The summed E-state index contributed by atoms with van der Waals surface area (Å²) in [5.41, 5.74) is -0.0188. The zero-order valence-electron chi connectivity index (χ0n) is 10.6. The van der Waals surface area contributed by atoms with Gasteiger partial charge in [0.2, 0.25) is 0 Å². The van der Waals surface area contributed by atoms with E-state index in [2.05, 4.69) is 25.6 Å². The van der Waals surface area contributed by atoms with Crippen LogP contribution in [-0.4, -0.2) is 32.1 Å². The normalized spacial score (nSPS) is 11.8. The number of H-pyrrole nitrogens is 1. The summed E-state index contributed by atoms with van der Waals surface area (Å²) in [6.07, 6.45) is 3.26. The Morgan fingerprint density at radius 3 is 2.95 bits per heavy atom. The van der Waals surface area contributed by atoms with Crippen molar-refractivity contribution < 1.29 is 14.7 Å². The third kappa shape index (κ3) is 3.54. The van der Waals surface area contributed by atoms with Gasteiger partial charge >= 0.3 is 12.0 Å². The fraction of sp³-hybridized carbons (Fsp3) is 0.273. The predicted octanol–water partition coefficient (Wildman–Crippen LogP) is 1.12. The number of thiazole rings is 1. The lowest BCUT2D eigenvalue weighted by Gasteiger charge is -2.11. The standard InChI is InChI=1S/C11H13N5O3S/c1-6(9-16-7(5-20-9)10(17)18)15-11(19)14-4-8-12-2-3-13-8/h2-3,5-6H,4H2,1H3,(H,12,13)(H,17,18)(H2,14,15,19). The Labute approximate surface area is 118 Å². The summed E-state index contributed by atoms with van der Waals surface area (Å²) in [6.45, 7) is 2.01. The first-order valence-electron chi connectivity index (χ1n) is 5.77. The van der Waals surface area contributed by atoms with Crippen LogP contribution in [0.4, 0.5) is 4.79 Å². The van der Waals surface area contributed by atoms with E-state index in [1.807, 2.05) is 0 Å². The maximum absolute atomic E-state index is 11.7. The number of aromatic carboxylic acids is 1. The highest BCUT2D eigenvalue weighted by atomic mass is 32.1. The molecule has 0 aliphatic rings. The van der Waals surface area contributed by atoms with Crippen molar-refractivity contribution in [1.29, 1.82) is 0 Å². The Hall–Kier alpha value is -2.42. The van der Waals surface area contributed by atoms with Crippen molar-refractivity contribution in [3.05, 3.63) is 34.3 Å². The van der Waals surface area contributed by atoms with E-state index in [-0.39, 0.29) is 24.3 Å². The van der Waals surface area contributed by atoms with Crippen LogP contribution in [-0.2, 0) is 6.54 Å². The zero-order chi connectivity index (χ0) is 14.5. The number of aromatic amines is 1. The van der Waals surface area contributed by atoms with Gasteiger partial charge in [-0.1, -0.05) is 0 Å². The molecule has 0 fully saturated rings. The summed E-state index contributed by atoms with van der Waals surface area (Å²) in [5.74, 6) is -0.433. The van der Waals surface area contributed by atoms with Gasteiger partial charge in [-0.3, -0.25) is 0 Å². The number of carboxylic acids is 1. The Balaban J connectivity index is 1.85. The van der Waals surface area contributed by atoms with Crippen LogP contribution in [0.3, 0.4) is 0 Å². The average molecular weight is 295 g/mol. The molecule has 2 heterocycles. The van der Waals surface area contributed by atoms with Gasteiger partial charge in [0.1, 0.15) is 10.8 Å². The van der Waals surface area contributed by atoms with E-state index in [4.69, 9.17) is 5.11 Å². The molecule has 1 unspecified atom stereocenters. The van der Waals surface area contributed by atoms with Gasteiger partial charge in [-0.2, -0.15) is 0 Å². The highest BCUT2D eigenvalue weighted by Crippen LogP contribution is 2.17. The minimum Gasteiger partial charge on any atom is -0.476 e. The molecule has 0 bridgehead atoms. The number of hydrogen-bond acceptors (Lipinski definition) is 5. The molecule has 0 saturated carbocycles. The number of carbonyl (C=O) groups excluding carboxylic acids is 1. The molecule has 0 aromatic carbocycles. The number of hydrogen-bond donors (Lipinski definition) is 4. The van der Waals surface area contributed by atoms with Crippen LogP contribution in [0.1, 0.15) is 34.3 Å². The number of imidazole rings is 1. The van der Waals surface area contributed by atoms with Crippen molar-refractivity contribution in [2.24, 2.45) is 0 Å². The number of urea groups is 1. The number of rotatable bonds is 5. The van der Waals surface area contributed by atoms with E-state index in [1.54, 1.807) is 19.3 Å². The first-order chi connectivity index (χ1) is 9.56. The molecule has 0 aliphatic carbocycles. The van der Waals surface area contributed by atoms with Gasteiger partial charge in [0.15, 0.2) is 5.69 Å². The Kier molecular flexibility index (Phi) is 4.31. The van der Waals surface area contributed by atoms with Crippen LogP contribution in [0.25, 0.3) is 0 Å². The van der Waals surface area contributed by atoms with E-state index in [1.165, 1.54) is 16.7 Å². The van der Waals surface area contributed by atoms with E-state index in [9.17, 15) is 9.59 Å². The van der Waals surface area contributed by atoms with Crippen molar-refractivity contribution in [3.63, 3.8) is 0 Å². The van der Waals surface area contributed by atoms with Gasteiger partial charge in [0, 0.05) is 17.8 Å². The minimum absolute atomic E-state index is 0.0188. The molecule has 0 spiro atoms. The summed E-state index contributed by atoms with van der Waals surface area (Å²) in [6, 6.07) is -0.745. The molecule has 0 saturated heterocycles. The molecule has 0 aliphatic heterocycles. The first kappa shape index (κ1) is 14.0. The molecule has 8 nitrogen and oxygen atoms in total. The predicted molar refractivity (Wildman–Crippen MR) is 71.4 cm³/mol. The Bertz CT molecular complexity index is 595. The molecule has 2 aromatic rings. The van der Waals surface area contributed by atoms with Crippen LogP contribution < -0.4 is 10.6 Å². The fourth-order valence-electron chi connectivity index (χ4n) is 1.45. The second kappa shape index (κ2) is 6.15. The molecule has 9 heteroatoms. The smallest absolute Gasteiger partial charge is 0.355 e. The number of aromatic nitrogens is 3. The molecule has 20 heavy (non-hydrogen) atoms. The summed E-state index contributed by atoms with van der Waals surface area (Å²) >= 11 is 1.19. The van der Waals surface area contributed by atoms with Gasteiger partial charge in [-0.05, 0) is 6.92 Å². The van der Waals surface area contributed by atoms with Gasteiger partial charge in [-0.25, -0.2) is 19.6 Å². The summed E-state index contributed by atoms with van der Waals surface area (Å²) in [7, 11) is 0. The van der Waals surface area contributed by atoms with Crippen molar-refractivity contribution in [1.82, 2.24) is 25.6 Å². The van der Waals surface area contributed by atoms with Crippen LogP contribution in [0.15, 0.2) is 17.8 Å². The maximum atomic E-state index is 11.7. The molecular weight excluding hydrogens is 282 g/mol. The SMILES string of the molecule is CC(NC(=O)NCc1ncc[nH]1)c1nc(C(=O)O)cs1. The fourth-order valence-corrected chi connectivity index (χ4v) is 2.25. The summed E-state index contributed by atoms with van der Waals surface area (Å²) < 4.78 is 0. The monoisotopic (exact) mass is 295 g/mol. The van der Waals surface area contributed by atoms with Crippen LogP contribution in [0.2, 0.25) is 0 Å². The quantitative estimate of drug-likeness (QED) is 0.659. The lowest BCUT2D eigenvalue weighted by molar-refractivity contribution is 0.0691. The van der Waals surface area contributed by atoms with Crippen molar-refractivity contribution >= 4 is 23.3 Å². The van der Waals surface area contributed by atoms with Crippen LogP contribution in [0.5, 0.6) is 0 Å². The van der Waals surface area contributed by atoms with E-state index in [0.29, 0.717) is 10.8 Å². The van der Waals surface area contributed by atoms with Crippen molar-refractivity contribution in [2.45, 2.75) is 19.5 Å². The highest BCUT2D eigenvalue weighted by molar-refractivity contribution is 7.09. The van der Waals surface area contributed by atoms with Gasteiger partial charge in [0.25, 0.3) is 0 Å². The minimum atomic E-state index is -1.08. The maximum Gasteiger partial charge on any atom is 0.355 e. The third-order valence-corrected chi connectivity index (χ3v) is 3.46. The second-order valence-electron chi connectivity index (χ2n) is 3.96. The zero-order valence-corrected chi connectivity index (χ0v) is 11.4. The Morgan fingerprint density at radius 1 is 1.55 bits per heavy atom. The summed E-state index contributed by atoms with van der Waals surface area (Å²) in [5, 5.41) is 16.1. The average Bonchev–Trinajstić information content (AvgIpc) is 3.07. The van der Waals surface area contributed by atoms with E-state index >= 15 is 0 Å². The third-order valence-electron chi connectivity index (χ3n) is 2.43.